The number of nitrogens with one attached hydrogen (secondary N) is 1. The maximum absolute atomic E-state index is 3.45. The molecule has 0 saturated carbocycles. The van der Waals surface area contributed by atoms with E-state index in [-0.39, 0.29) is 0 Å². The fraction of sp³-hybridized carbons (Fsp3) is 0.556. The molecule has 21 heavy (non-hydrogen) atoms. The molecule has 1 saturated heterocycles. The minimum atomic E-state index is 0.853. The van der Waals surface area contributed by atoms with Crippen molar-refractivity contribution in [3.63, 3.8) is 0 Å². The zero-order valence-electron chi connectivity index (χ0n) is 13.5. The number of piperidine rings is 1. The van der Waals surface area contributed by atoms with E-state index in [1.807, 2.05) is 0 Å². The van der Waals surface area contributed by atoms with Crippen LogP contribution in [0.1, 0.15) is 24.1 Å². The number of benzene rings is 1. The minimum absolute atomic E-state index is 0.853. The van der Waals surface area contributed by atoms with Gasteiger partial charge in [-0.3, -0.25) is 0 Å². The van der Waals surface area contributed by atoms with Gasteiger partial charge in [-0.15, -0.1) is 0 Å². The van der Waals surface area contributed by atoms with Crippen molar-refractivity contribution in [2.45, 2.75) is 26.3 Å². The highest BCUT2D eigenvalue weighted by Gasteiger charge is 2.17. The van der Waals surface area contributed by atoms with Crippen LogP contribution in [0, 0.1) is 12.8 Å². The van der Waals surface area contributed by atoms with Crippen molar-refractivity contribution in [1.82, 2.24) is 14.8 Å². The molecule has 2 aromatic rings. The van der Waals surface area contributed by atoms with Gasteiger partial charge in [-0.2, -0.15) is 0 Å². The van der Waals surface area contributed by atoms with Crippen LogP contribution in [-0.4, -0.2) is 36.1 Å². The lowest BCUT2D eigenvalue weighted by Gasteiger charge is -2.27. The molecule has 0 amide bonds. The molecule has 0 radical (unpaired) electrons. The fourth-order valence-corrected chi connectivity index (χ4v) is 3.69. The van der Waals surface area contributed by atoms with Crippen molar-refractivity contribution in [3.8, 4) is 0 Å². The van der Waals surface area contributed by atoms with Crippen LogP contribution in [0.4, 0.5) is 0 Å². The summed E-state index contributed by atoms with van der Waals surface area (Å²) in [6.07, 6.45) is 2.64. The summed E-state index contributed by atoms with van der Waals surface area (Å²) in [5.41, 5.74) is 4.23. The average molecular weight is 285 g/mol. The SMILES string of the molecule is Cc1c(CN(C)CC2CCNCC2)n(C)c2ccccc12. The lowest BCUT2D eigenvalue weighted by molar-refractivity contribution is 0.231. The molecular weight excluding hydrogens is 258 g/mol. The molecule has 1 aromatic carbocycles. The van der Waals surface area contributed by atoms with Gasteiger partial charge in [0.1, 0.15) is 0 Å². The first kappa shape index (κ1) is 14.6. The number of hydrogen-bond donors (Lipinski definition) is 1. The van der Waals surface area contributed by atoms with Gasteiger partial charge in [0.25, 0.3) is 0 Å². The number of aryl methyl sites for hydroxylation is 2. The van der Waals surface area contributed by atoms with Gasteiger partial charge in [0, 0.05) is 36.7 Å². The fourth-order valence-electron chi connectivity index (χ4n) is 3.69. The number of aromatic nitrogens is 1. The molecule has 114 valence electrons. The van der Waals surface area contributed by atoms with Gasteiger partial charge in [0.2, 0.25) is 0 Å². The van der Waals surface area contributed by atoms with Gasteiger partial charge in [-0.25, -0.2) is 0 Å². The van der Waals surface area contributed by atoms with Crippen LogP contribution in [0.3, 0.4) is 0 Å². The lowest BCUT2D eigenvalue weighted by Crippen LogP contribution is -2.34. The Morgan fingerprint density at radius 2 is 1.95 bits per heavy atom. The third kappa shape index (κ3) is 2.99. The van der Waals surface area contributed by atoms with Crippen molar-refractivity contribution in [2.24, 2.45) is 13.0 Å². The van der Waals surface area contributed by atoms with Crippen molar-refractivity contribution in [3.05, 3.63) is 35.5 Å². The standard InChI is InChI=1S/C18H27N3/c1-14-16-6-4-5-7-17(16)21(3)18(14)13-20(2)12-15-8-10-19-11-9-15/h4-7,15,19H,8-13H2,1-3H3. The molecule has 3 heteroatoms. The Kier molecular flexibility index (Phi) is 4.32. The van der Waals surface area contributed by atoms with Crippen LogP contribution in [-0.2, 0) is 13.6 Å². The molecule has 0 bridgehead atoms. The van der Waals surface area contributed by atoms with Gasteiger partial charge in [-0.05, 0) is 57.5 Å². The van der Waals surface area contributed by atoms with Gasteiger partial charge >= 0.3 is 0 Å². The second-order valence-corrected chi connectivity index (χ2v) is 6.54. The van der Waals surface area contributed by atoms with Crippen molar-refractivity contribution < 1.29 is 0 Å². The third-order valence-electron chi connectivity index (χ3n) is 4.96. The highest BCUT2D eigenvalue weighted by Crippen LogP contribution is 2.25. The van der Waals surface area contributed by atoms with E-state index in [0.717, 1.165) is 12.5 Å². The van der Waals surface area contributed by atoms with Crippen molar-refractivity contribution >= 4 is 10.9 Å². The van der Waals surface area contributed by atoms with E-state index in [1.54, 1.807) is 0 Å². The van der Waals surface area contributed by atoms with E-state index >= 15 is 0 Å². The van der Waals surface area contributed by atoms with Gasteiger partial charge < -0.3 is 14.8 Å². The molecule has 0 spiro atoms. The molecule has 1 aromatic heterocycles. The summed E-state index contributed by atoms with van der Waals surface area (Å²) in [5, 5.41) is 4.84. The molecule has 1 aliphatic rings. The highest BCUT2D eigenvalue weighted by atomic mass is 15.1. The number of fused-ring (bicyclic) bond motifs is 1. The van der Waals surface area contributed by atoms with Crippen molar-refractivity contribution in [2.75, 3.05) is 26.7 Å². The Morgan fingerprint density at radius 1 is 1.24 bits per heavy atom. The van der Waals surface area contributed by atoms with Crippen LogP contribution in [0.5, 0.6) is 0 Å². The van der Waals surface area contributed by atoms with E-state index < -0.39 is 0 Å². The van der Waals surface area contributed by atoms with Crippen LogP contribution >= 0.6 is 0 Å². The van der Waals surface area contributed by atoms with E-state index in [0.29, 0.717) is 0 Å². The molecule has 3 nitrogen and oxygen atoms in total. The number of para-hydroxylation sites is 1. The van der Waals surface area contributed by atoms with Crippen LogP contribution in [0.15, 0.2) is 24.3 Å². The smallest absolute Gasteiger partial charge is 0.0483 e. The lowest BCUT2D eigenvalue weighted by atomic mass is 9.97. The second kappa shape index (κ2) is 6.20. The first-order valence-electron chi connectivity index (χ1n) is 8.09. The van der Waals surface area contributed by atoms with Crippen molar-refractivity contribution in [1.29, 1.82) is 0 Å². The zero-order valence-corrected chi connectivity index (χ0v) is 13.5. The Bertz CT molecular complexity index is 569. The number of rotatable bonds is 4. The predicted molar refractivity (Wildman–Crippen MR) is 89.6 cm³/mol. The Balaban J connectivity index is 1.75. The van der Waals surface area contributed by atoms with Crippen LogP contribution in [0.2, 0.25) is 0 Å². The molecular formula is C18H27N3. The quantitative estimate of drug-likeness (QED) is 0.932. The summed E-state index contributed by atoms with van der Waals surface area (Å²) in [7, 11) is 4.46. The topological polar surface area (TPSA) is 20.2 Å². The minimum Gasteiger partial charge on any atom is -0.346 e. The molecule has 1 aliphatic heterocycles. The molecule has 0 atom stereocenters. The third-order valence-corrected chi connectivity index (χ3v) is 4.96. The van der Waals surface area contributed by atoms with Gasteiger partial charge in [0.15, 0.2) is 0 Å². The van der Waals surface area contributed by atoms with E-state index in [1.165, 1.54) is 54.6 Å². The molecule has 3 rings (SSSR count). The number of hydrogen-bond acceptors (Lipinski definition) is 2. The maximum Gasteiger partial charge on any atom is 0.0483 e. The first-order chi connectivity index (χ1) is 10.2. The van der Waals surface area contributed by atoms with E-state index in [4.69, 9.17) is 0 Å². The summed E-state index contributed by atoms with van der Waals surface area (Å²) >= 11 is 0. The first-order valence-corrected chi connectivity index (χ1v) is 8.09. The van der Waals surface area contributed by atoms with E-state index in [9.17, 15) is 0 Å². The second-order valence-electron chi connectivity index (χ2n) is 6.54. The highest BCUT2D eigenvalue weighted by molar-refractivity contribution is 5.85. The number of nitrogens with zero attached hydrogens (tertiary/aromatic N) is 2. The average Bonchev–Trinajstić information content (AvgIpc) is 2.74. The summed E-state index contributed by atoms with van der Waals surface area (Å²) in [6.45, 7) is 6.89. The normalized spacial score (nSPS) is 17.0. The zero-order chi connectivity index (χ0) is 14.8. The van der Waals surface area contributed by atoms with Crippen LogP contribution in [0.25, 0.3) is 10.9 Å². The molecule has 1 N–H and O–H groups in total. The van der Waals surface area contributed by atoms with E-state index in [2.05, 4.69) is 60.1 Å². The Morgan fingerprint density at radius 3 is 2.67 bits per heavy atom. The predicted octanol–water partition coefficient (Wildman–Crippen LogP) is 2.92. The molecule has 1 fully saturated rings. The monoisotopic (exact) mass is 285 g/mol. The maximum atomic E-state index is 3.45. The van der Waals surface area contributed by atoms with Crippen LogP contribution < -0.4 is 5.32 Å². The molecule has 0 aliphatic carbocycles. The van der Waals surface area contributed by atoms with Gasteiger partial charge in [-0.1, -0.05) is 18.2 Å². The molecule has 0 unspecified atom stereocenters. The Hall–Kier alpha value is -1.32. The summed E-state index contributed by atoms with van der Waals surface area (Å²) in [5.74, 6) is 0.853. The summed E-state index contributed by atoms with van der Waals surface area (Å²) < 4.78 is 2.36. The van der Waals surface area contributed by atoms with Gasteiger partial charge in [0.05, 0.1) is 0 Å². The summed E-state index contributed by atoms with van der Waals surface area (Å²) in [6, 6.07) is 8.72. The summed E-state index contributed by atoms with van der Waals surface area (Å²) in [4.78, 5) is 2.50. The largest absolute Gasteiger partial charge is 0.346 e. The Labute approximate surface area is 127 Å². The molecule has 2 heterocycles.